The first-order chi connectivity index (χ1) is 5.07. The highest BCUT2D eigenvalue weighted by atomic mass is 13.9. The molecular weight excluding hydrogens is 132 g/mol. The molecule has 0 saturated carbocycles. The fourth-order valence-electron chi connectivity index (χ4n) is 0.471. The van der Waals surface area contributed by atoms with Crippen molar-refractivity contribution in [3.05, 3.63) is 48.1 Å². The molecule has 0 aromatic heterocycles. The summed E-state index contributed by atoms with van der Waals surface area (Å²) in [6.07, 6.45) is 6.08. The van der Waals surface area contributed by atoms with Crippen LogP contribution in [0.3, 0.4) is 0 Å². The third-order valence-corrected chi connectivity index (χ3v) is 1.55. The van der Waals surface area contributed by atoms with E-state index in [-0.39, 0.29) is 0 Å². The third-order valence-electron chi connectivity index (χ3n) is 1.55. The van der Waals surface area contributed by atoms with Gasteiger partial charge in [0.15, 0.2) is 0 Å². The number of allylic oxidation sites excluding steroid dienone is 6. The Morgan fingerprint density at radius 3 is 2.00 bits per heavy atom. The first kappa shape index (κ1) is 9.96. The Labute approximate surface area is 69.6 Å². The van der Waals surface area contributed by atoms with Crippen LogP contribution in [0.4, 0.5) is 0 Å². The molecular formula is C11H16. The standard InChI is InChI=1S/C11H16/c1-6-10(4)7-8-11(5)9(2)3/h6-8H,2,5H2,1,3-4H3/b8-7-,10-6-. The summed E-state index contributed by atoms with van der Waals surface area (Å²) in [6, 6.07) is 0. The molecule has 0 aliphatic carbocycles. The lowest BCUT2D eigenvalue weighted by molar-refractivity contribution is 1.43. The summed E-state index contributed by atoms with van der Waals surface area (Å²) in [5, 5.41) is 0. The summed E-state index contributed by atoms with van der Waals surface area (Å²) >= 11 is 0. The summed E-state index contributed by atoms with van der Waals surface area (Å²) in [5.41, 5.74) is 3.25. The maximum Gasteiger partial charge on any atom is -0.0305 e. The average molecular weight is 148 g/mol. The lowest BCUT2D eigenvalue weighted by atomic mass is 10.1. The van der Waals surface area contributed by atoms with Crippen LogP contribution < -0.4 is 0 Å². The fourth-order valence-corrected chi connectivity index (χ4v) is 0.471. The van der Waals surface area contributed by atoms with Gasteiger partial charge in [0.25, 0.3) is 0 Å². The molecule has 0 aromatic carbocycles. The predicted molar refractivity (Wildman–Crippen MR) is 52.5 cm³/mol. The summed E-state index contributed by atoms with van der Waals surface area (Å²) < 4.78 is 0. The zero-order valence-electron chi connectivity index (χ0n) is 7.65. The van der Waals surface area contributed by atoms with Gasteiger partial charge in [-0.05, 0) is 26.3 Å². The van der Waals surface area contributed by atoms with Crippen LogP contribution in [0, 0.1) is 0 Å². The Hall–Kier alpha value is -1.04. The van der Waals surface area contributed by atoms with Gasteiger partial charge >= 0.3 is 0 Å². The topological polar surface area (TPSA) is 0 Å². The second-order valence-corrected chi connectivity index (χ2v) is 2.67. The normalized spacial score (nSPS) is 12.1. The van der Waals surface area contributed by atoms with Gasteiger partial charge in [0.1, 0.15) is 0 Å². The molecule has 11 heavy (non-hydrogen) atoms. The Bertz CT molecular complexity index is 214. The Balaban J connectivity index is 4.15. The molecule has 0 bridgehead atoms. The van der Waals surface area contributed by atoms with Crippen molar-refractivity contribution in [3.63, 3.8) is 0 Å². The van der Waals surface area contributed by atoms with Crippen LogP contribution in [0.2, 0.25) is 0 Å². The van der Waals surface area contributed by atoms with Crippen LogP contribution >= 0.6 is 0 Å². The van der Waals surface area contributed by atoms with Gasteiger partial charge < -0.3 is 0 Å². The molecule has 60 valence electrons. The first-order valence-corrected chi connectivity index (χ1v) is 3.73. The molecule has 0 heteroatoms. The Morgan fingerprint density at radius 1 is 1.09 bits per heavy atom. The number of hydrogen-bond donors (Lipinski definition) is 0. The van der Waals surface area contributed by atoms with Crippen molar-refractivity contribution < 1.29 is 0 Å². The van der Waals surface area contributed by atoms with E-state index in [0.29, 0.717) is 0 Å². The van der Waals surface area contributed by atoms with Gasteiger partial charge in [0.2, 0.25) is 0 Å². The third kappa shape index (κ3) is 4.38. The maximum atomic E-state index is 3.85. The molecule has 0 saturated heterocycles. The van der Waals surface area contributed by atoms with Crippen molar-refractivity contribution in [3.8, 4) is 0 Å². The predicted octanol–water partition coefficient (Wildman–Crippen LogP) is 3.64. The quantitative estimate of drug-likeness (QED) is 0.536. The largest absolute Gasteiger partial charge is 0.0955 e. The molecule has 0 heterocycles. The Morgan fingerprint density at radius 2 is 1.64 bits per heavy atom. The van der Waals surface area contributed by atoms with Crippen molar-refractivity contribution in [1.82, 2.24) is 0 Å². The molecule has 0 fully saturated rings. The number of hydrogen-bond acceptors (Lipinski definition) is 0. The zero-order chi connectivity index (χ0) is 8.85. The van der Waals surface area contributed by atoms with Gasteiger partial charge in [-0.25, -0.2) is 0 Å². The van der Waals surface area contributed by atoms with Gasteiger partial charge in [-0.2, -0.15) is 0 Å². The minimum atomic E-state index is 0.992. The molecule has 0 radical (unpaired) electrons. The van der Waals surface area contributed by atoms with Crippen LogP contribution in [-0.2, 0) is 0 Å². The van der Waals surface area contributed by atoms with E-state index >= 15 is 0 Å². The average Bonchev–Trinajstić information content (AvgIpc) is 1.99. The van der Waals surface area contributed by atoms with Crippen molar-refractivity contribution in [2.45, 2.75) is 20.8 Å². The molecule has 0 amide bonds. The van der Waals surface area contributed by atoms with E-state index in [1.165, 1.54) is 5.57 Å². The van der Waals surface area contributed by atoms with Gasteiger partial charge in [-0.15, -0.1) is 0 Å². The molecule has 0 rings (SSSR count). The fraction of sp³-hybridized carbons (Fsp3) is 0.273. The first-order valence-electron chi connectivity index (χ1n) is 3.73. The molecule has 0 nitrogen and oxygen atoms in total. The lowest BCUT2D eigenvalue weighted by Crippen LogP contribution is -1.75. The SMILES string of the molecule is C=C(C)C(=C)/C=C\C(C)=C/C. The maximum absolute atomic E-state index is 3.85. The highest BCUT2D eigenvalue weighted by Gasteiger charge is 1.86. The molecule has 0 aromatic rings. The smallest absolute Gasteiger partial charge is 0.0305 e. The highest BCUT2D eigenvalue weighted by molar-refractivity contribution is 5.36. The molecule has 0 aliphatic heterocycles. The zero-order valence-corrected chi connectivity index (χ0v) is 7.65. The van der Waals surface area contributed by atoms with Crippen molar-refractivity contribution in [2.75, 3.05) is 0 Å². The molecule has 0 N–H and O–H groups in total. The minimum Gasteiger partial charge on any atom is -0.0955 e. The second-order valence-electron chi connectivity index (χ2n) is 2.67. The van der Waals surface area contributed by atoms with Gasteiger partial charge in [0, 0.05) is 0 Å². The molecule has 0 atom stereocenters. The van der Waals surface area contributed by atoms with E-state index in [9.17, 15) is 0 Å². The van der Waals surface area contributed by atoms with Crippen LogP contribution in [0.1, 0.15) is 20.8 Å². The van der Waals surface area contributed by atoms with Gasteiger partial charge in [-0.3, -0.25) is 0 Å². The summed E-state index contributed by atoms with van der Waals surface area (Å²) in [6.45, 7) is 13.7. The molecule has 0 unspecified atom stereocenters. The highest BCUT2D eigenvalue weighted by Crippen LogP contribution is 2.06. The van der Waals surface area contributed by atoms with Gasteiger partial charge in [-0.1, -0.05) is 42.5 Å². The van der Waals surface area contributed by atoms with E-state index in [4.69, 9.17) is 0 Å². The van der Waals surface area contributed by atoms with E-state index in [1.54, 1.807) is 0 Å². The number of rotatable bonds is 3. The van der Waals surface area contributed by atoms with Gasteiger partial charge in [0.05, 0.1) is 0 Å². The van der Waals surface area contributed by atoms with Crippen LogP contribution in [0.5, 0.6) is 0 Å². The summed E-state index contributed by atoms with van der Waals surface area (Å²) in [5.74, 6) is 0. The van der Waals surface area contributed by atoms with Crippen molar-refractivity contribution in [2.24, 2.45) is 0 Å². The van der Waals surface area contributed by atoms with Crippen LogP contribution in [0.15, 0.2) is 48.1 Å². The Kier molecular flexibility index (Phi) is 4.28. The monoisotopic (exact) mass is 148 g/mol. The van der Waals surface area contributed by atoms with Crippen molar-refractivity contribution >= 4 is 0 Å². The lowest BCUT2D eigenvalue weighted by Gasteiger charge is -1.95. The van der Waals surface area contributed by atoms with Crippen molar-refractivity contribution in [1.29, 1.82) is 0 Å². The van der Waals surface area contributed by atoms with E-state index in [0.717, 1.165) is 11.1 Å². The summed E-state index contributed by atoms with van der Waals surface area (Å²) in [4.78, 5) is 0. The van der Waals surface area contributed by atoms with E-state index in [1.807, 2.05) is 26.0 Å². The molecule has 0 spiro atoms. The minimum absolute atomic E-state index is 0.992. The van der Waals surface area contributed by atoms with Crippen LogP contribution in [-0.4, -0.2) is 0 Å². The van der Waals surface area contributed by atoms with Crippen LogP contribution in [0.25, 0.3) is 0 Å². The summed E-state index contributed by atoms with van der Waals surface area (Å²) in [7, 11) is 0. The van der Waals surface area contributed by atoms with E-state index < -0.39 is 0 Å². The van der Waals surface area contributed by atoms with E-state index in [2.05, 4.69) is 26.2 Å². The second kappa shape index (κ2) is 4.73. The molecule has 0 aliphatic rings.